The Hall–Kier alpha value is -0.600. The van der Waals surface area contributed by atoms with Gasteiger partial charge in [-0.3, -0.25) is 0 Å². The van der Waals surface area contributed by atoms with Gasteiger partial charge in [-0.1, -0.05) is 11.8 Å². The third-order valence-electron chi connectivity index (χ3n) is 3.02. The number of aliphatic hydroxyl groups is 1. The number of aliphatic hydroxyl groups excluding tert-OH is 1. The second-order valence-corrected chi connectivity index (χ2v) is 4.45. The van der Waals surface area contributed by atoms with Gasteiger partial charge in [0.15, 0.2) is 12.6 Å². The molecule has 2 fully saturated rings. The topological polar surface area (TPSA) is 47.9 Å². The molecular formula is C13H20O4. The normalized spacial score (nSPS) is 33.1. The van der Waals surface area contributed by atoms with Gasteiger partial charge in [0, 0.05) is 19.4 Å². The van der Waals surface area contributed by atoms with Crippen LogP contribution in [0.5, 0.6) is 0 Å². The van der Waals surface area contributed by atoms with Gasteiger partial charge >= 0.3 is 0 Å². The van der Waals surface area contributed by atoms with E-state index in [0.29, 0.717) is 13.0 Å². The van der Waals surface area contributed by atoms with Crippen molar-refractivity contribution in [2.24, 2.45) is 0 Å². The lowest BCUT2D eigenvalue weighted by Gasteiger charge is -2.21. The molecule has 0 aromatic carbocycles. The summed E-state index contributed by atoms with van der Waals surface area (Å²) in [7, 11) is 0. The van der Waals surface area contributed by atoms with E-state index in [1.165, 1.54) is 6.42 Å². The van der Waals surface area contributed by atoms with Crippen LogP contribution in [0.2, 0.25) is 0 Å². The van der Waals surface area contributed by atoms with E-state index in [4.69, 9.17) is 19.3 Å². The van der Waals surface area contributed by atoms with Gasteiger partial charge in [0.25, 0.3) is 0 Å². The highest BCUT2D eigenvalue weighted by atomic mass is 16.7. The minimum absolute atomic E-state index is 0.0670. The first kappa shape index (κ1) is 12.8. The SMILES string of the molecule is OC1CC[C@@H](CC#CCOC2CCCCO2)O1. The molecule has 2 heterocycles. The molecule has 2 unspecified atom stereocenters. The van der Waals surface area contributed by atoms with Crippen LogP contribution in [0.3, 0.4) is 0 Å². The maximum Gasteiger partial charge on any atom is 0.158 e. The molecule has 0 amide bonds. The zero-order chi connectivity index (χ0) is 11.9. The Kier molecular flexibility index (Phi) is 5.27. The molecule has 1 N–H and O–H groups in total. The fourth-order valence-corrected chi connectivity index (χ4v) is 2.05. The molecule has 2 rings (SSSR count). The average Bonchev–Trinajstić information content (AvgIpc) is 2.76. The van der Waals surface area contributed by atoms with E-state index < -0.39 is 6.29 Å². The van der Waals surface area contributed by atoms with E-state index in [-0.39, 0.29) is 12.4 Å². The van der Waals surface area contributed by atoms with Crippen LogP contribution in [0.15, 0.2) is 0 Å². The molecule has 96 valence electrons. The lowest BCUT2D eigenvalue weighted by Crippen LogP contribution is -2.22. The zero-order valence-corrected chi connectivity index (χ0v) is 10.1. The van der Waals surface area contributed by atoms with Gasteiger partial charge in [-0.15, -0.1) is 0 Å². The molecule has 2 aliphatic rings. The first-order chi connectivity index (χ1) is 8.34. The van der Waals surface area contributed by atoms with Gasteiger partial charge in [-0.25, -0.2) is 0 Å². The maximum atomic E-state index is 9.16. The van der Waals surface area contributed by atoms with Crippen molar-refractivity contribution in [2.75, 3.05) is 13.2 Å². The standard InChI is InChI=1S/C13H20O4/c14-12-8-7-11(17-12)5-1-3-9-15-13-6-2-4-10-16-13/h11-14H,2,4-10H2/t11-,12?,13?/m1/s1. The van der Waals surface area contributed by atoms with Crippen molar-refractivity contribution in [1.29, 1.82) is 0 Å². The molecule has 0 spiro atoms. The summed E-state index contributed by atoms with van der Waals surface area (Å²) in [5.74, 6) is 5.98. The van der Waals surface area contributed by atoms with Gasteiger partial charge in [0.1, 0.15) is 6.61 Å². The fraction of sp³-hybridized carbons (Fsp3) is 0.846. The molecule has 2 saturated heterocycles. The van der Waals surface area contributed by atoms with Crippen molar-refractivity contribution < 1.29 is 19.3 Å². The molecule has 17 heavy (non-hydrogen) atoms. The second kappa shape index (κ2) is 6.97. The highest BCUT2D eigenvalue weighted by Gasteiger charge is 2.21. The summed E-state index contributed by atoms with van der Waals surface area (Å²) in [4.78, 5) is 0. The molecule has 0 aromatic rings. The quantitative estimate of drug-likeness (QED) is 0.758. The maximum absolute atomic E-state index is 9.16. The Labute approximate surface area is 102 Å². The molecule has 0 bridgehead atoms. The van der Waals surface area contributed by atoms with Crippen LogP contribution in [-0.4, -0.2) is 37.0 Å². The van der Waals surface area contributed by atoms with Crippen LogP contribution < -0.4 is 0 Å². The molecule has 0 aliphatic carbocycles. The summed E-state index contributed by atoms with van der Waals surface area (Å²) in [5.41, 5.74) is 0. The Balaban J connectivity index is 1.55. The second-order valence-electron chi connectivity index (χ2n) is 4.45. The van der Waals surface area contributed by atoms with Gasteiger partial charge in [-0.2, -0.15) is 0 Å². The molecule has 2 aliphatic heterocycles. The van der Waals surface area contributed by atoms with Crippen LogP contribution in [0.25, 0.3) is 0 Å². The van der Waals surface area contributed by atoms with Crippen molar-refractivity contribution >= 4 is 0 Å². The fourth-order valence-electron chi connectivity index (χ4n) is 2.05. The number of hydrogen-bond acceptors (Lipinski definition) is 4. The van der Waals surface area contributed by atoms with Crippen LogP contribution in [0.1, 0.15) is 38.5 Å². The third kappa shape index (κ3) is 4.64. The summed E-state index contributed by atoms with van der Waals surface area (Å²) < 4.78 is 16.2. The summed E-state index contributed by atoms with van der Waals surface area (Å²) in [6.45, 7) is 1.21. The van der Waals surface area contributed by atoms with E-state index in [0.717, 1.165) is 32.3 Å². The van der Waals surface area contributed by atoms with Crippen molar-refractivity contribution in [1.82, 2.24) is 0 Å². The molecule has 4 nitrogen and oxygen atoms in total. The number of hydrogen-bond donors (Lipinski definition) is 1. The van der Waals surface area contributed by atoms with Gasteiger partial charge in [0.2, 0.25) is 0 Å². The predicted octanol–water partition coefficient (Wildman–Crippen LogP) is 1.42. The molecule has 0 radical (unpaired) electrons. The summed E-state index contributed by atoms with van der Waals surface area (Å²) in [6.07, 6.45) is 4.99. The summed E-state index contributed by atoms with van der Waals surface area (Å²) >= 11 is 0. The molecule has 0 saturated carbocycles. The van der Waals surface area contributed by atoms with Crippen molar-refractivity contribution in [3.63, 3.8) is 0 Å². The van der Waals surface area contributed by atoms with E-state index in [2.05, 4.69) is 11.8 Å². The minimum atomic E-state index is -0.589. The Bertz CT molecular complexity index is 275. The predicted molar refractivity (Wildman–Crippen MR) is 62.0 cm³/mol. The van der Waals surface area contributed by atoms with E-state index >= 15 is 0 Å². The molecular weight excluding hydrogens is 220 g/mol. The van der Waals surface area contributed by atoms with Crippen molar-refractivity contribution in [3.8, 4) is 11.8 Å². The number of rotatable bonds is 3. The largest absolute Gasteiger partial charge is 0.368 e. The average molecular weight is 240 g/mol. The Morgan fingerprint density at radius 1 is 1.18 bits per heavy atom. The lowest BCUT2D eigenvalue weighted by molar-refractivity contribution is -0.154. The molecule has 0 aromatic heterocycles. The lowest BCUT2D eigenvalue weighted by atomic mass is 10.2. The first-order valence-electron chi connectivity index (χ1n) is 6.37. The van der Waals surface area contributed by atoms with Crippen LogP contribution in [0.4, 0.5) is 0 Å². The van der Waals surface area contributed by atoms with Crippen molar-refractivity contribution in [2.45, 2.75) is 57.2 Å². The van der Waals surface area contributed by atoms with Gasteiger partial charge in [-0.05, 0) is 25.7 Å². The van der Waals surface area contributed by atoms with E-state index in [1.807, 2.05) is 0 Å². The van der Waals surface area contributed by atoms with Gasteiger partial charge in [0.05, 0.1) is 6.10 Å². The van der Waals surface area contributed by atoms with Gasteiger partial charge < -0.3 is 19.3 Å². The highest BCUT2D eigenvalue weighted by molar-refractivity contribution is 5.01. The number of ether oxygens (including phenoxy) is 3. The van der Waals surface area contributed by atoms with Crippen LogP contribution >= 0.6 is 0 Å². The third-order valence-corrected chi connectivity index (χ3v) is 3.02. The molecule has 3 atom stereocenters. The highest BCUT2D eigenvalue weighted by Crippen LogP contribution is 2.19. The molecule has 4 heteroatoms. The Morgan fingerprint density at radius 3 is 2.82 bits per heavy atom. The van der Waals surface area contributed by atoms with Crippen molar-refractivity contribution in [3.05, 3.63) is 0 Å². The minimum Gasteiger partial charge on any atom is -0.368 e. The summed E-state index contributed by atoms with van der Waals surface area (Å²) in [6, 6.07) is 0. The summed E-state index contributed by atoms with van der Waals surface area (Å²) in [5, 5.41) is 9.16. The zero-order valence-electron chi connectivity index (χ0n) is 10.1. The smallest absolute Gasteiger partial charge is 0.158 e. The Morgan fingerprint density at radius 2 is 2.12 bits per heavy atom. The monoisotopic (exact) mass is 240 g/mol. The van der Waals surface area contributed by atoms with Crippen LogP contribution in [-0.2, 0) is 14.2 Å². The van der Waals surface area contributed by atoms with E-state index in [1.54, 1.807) is 0 Å². The van der Waals surface area contributed by atoms with E-state index in [9.17, 15) is 0 Å². The first-order valence-corrected chi connectivity index (χ1v) is 6.37. The van der Waals surface area contributed by atoms with Crippen LogP contribution in [0, 0.1) is 11.8 Å².